The third kappa shape index (κ3) is 2.38. The fraction of sp³-hybridized carbons (Fsp3) is 0.625. The summed E-state index contributed by atoms with van der Waals surface area (Å²) in [5, 5.41) is 3.59. The number of halogens is 3. The van der Waals surface area contributed by atoms with E-state index < -0.39 is 21.5 Å². The Labute approximate surface area is 95.3 Å². The van der Waals surface area contributed by atoms with Gasteiger partial charge < -0.3 is 4.18 Å². The molecule has 0 unspecified atom stereocenters. The third-order valence-corrected chi connectivity index (χ3v) is 3.32. The third-order valence-electron chi connectivity index (χ3n) is 2.37. The van der Waals surface area contributed by atoms with Gasteiger partial charge in [-0.25, -0.2) is 0 Å². The van der Waals surface area contributed by atoms with E-state index in [1.807, 2.05) is 0 Å². The largest absolute Gasteiger partial charge is 0.534 e. The van der Waals surface area contributed by atoms with Crippen LogP contribution in [-0.2, 0) is 17.2 Å². The summed E-state index contributed by atoms with van der Waals surface area (Å²) >= 11 is 0. The maximum absolute atomic E-state index is 12.0. The van der Waals surface area contributed by atoms with Gasteiger partial charge in [0, 0.05) is 24.7 Å². The first-order valence-corrected chi connectivity index (χ1v) is 6.16. The first-order valence-electron chi connectivity index (χ1n) is 4.75. The van der Waals surface area contributed by atoms with E-state index in [0.29, 0.717) is 5.69 Å². The van der Waals surface area contributed by atoms with E-state index in [4.69, 9.17) is 0 Å². The van der Waals surface area contributed by atoms with Crippen molar-refractivity contribution in [3.05, 3.63) is 11.8 Å². The summed E-state index contributed by atoms with van der Waals surface area (Å²) in [5.74, 6) is -0.315. The van der Waals surface area contributed by atoms with E-state index in [2.05, 4.69) is 9.28 Å². The van der Waals surface area contributed by atoms with Crippen LogP contribution >= 0.6 is 0 Å². The van der Waals surface area contributed by atoms with Crippen molar-refractivity contribution < 1.29 is 25.8 Å². The molecule has 5 nitrogen and oxygen atoms in total. The Bertz CT molecular complexity index is 531. The highest BCUT2D eigenvalue weighted by Gasteiger charge is 2.49. The van der Waals surface area contributed by atoms with Crippen LogP contribution in [0.3, 0.4) is 0 Å². The van der Waals surface area contributed by atoms with Crippen LogP contribution in [0.15, 0.2) is 6.07 Å². The van der Waals surface area contributed by atoms with Crippen molar-refractivity contribution in [1.82, 2.24) is 9.78 Å². The van der Waals surface area contributed by atoms with Gasteiger partial charge in [0.1, 0.15) is 0 Å². The van der Waals surface area contributed by atoms with Crippen molar-refractivity contribution in [2.24, 2.45) is 7.05 Å². The van der Waals surface area contributed by atoms with Gasteiger partial charge in [0.2, 0.25) is 0 Å². The molecule has 0 N–H and O–H groups in total. The van der Waals surface area contributed by atoms with Crippen LogP contribution in [0.4, 0.5) is 13.2 Å². The molecule has 0 bridgehead atoms. The number of nitrogens with zero attached hydrogens (tertiary/aromatic N) is 2. The monoisotopic (exact) mass is 270 g/mol. The number of hydrogen-bond acceptors (Lipinski definition) is 4. The van der Waals surface area contributed by atoms with Crippen LogP contribution in [0.5, 0.6) is 5.88 Å². The molecule has 1 fully saturated rings. The quantitative estimate of drug-likeness (QED) is 0.617. The van der Waals surface area contributed by atoms with E-state index >= 15 is 0 Å². The van der Waals surface area contributed by atoms with Crippen molar-refractivity contribution in [2.45, 2.75) is 24.3 Å². The molecule has 0 radical (unpaired) electrons. The van der Waals surface area contributed by atoms with Gasteiger partial charge >= 0.3 is 15.6 Å². The van der Waals surface area contributed by atoms with E-state index in [0.717, 1.165) is 12.8 Å². The minimum Gasteiger partial charge on any atom is -0.354 e. The lowest BCUT2D eigenvalue weighted by atomic mass is 10.3. The van der Waals surface area contributed by atoms with Gasteiger partial charge in [-0.3, -0.25) is 4.68 Å². The summed E-state index contributed by atoms with van der Waals surface area (Å²) in [6.07, 6.45) is 1.84. The van der Waals surface area contributed by atoms with Crippen LogP contribution in [0, 0.1) is 0 Å². The Morgan fingerprint density at radius 2 is 2.06 bits per heavy atom. The summed E-state index contributed by atoms with van der Waals surface area (Å²) in [4.78, 5) is 0. The zero-order valence-corrected chi connectivity index (χ0v) is 9.55. The molecule has 1 aromatic heterocycles. The molecule has 0 amide bonds. The molecule has 17 heavy (non-hydrogen) atoms. The second kappa shape index (κ2) is 3.62. The van der Waals surface area contributed by atoms with Crippen molar-refractivity contribution in [3.63, 3.8) is 0 Å². The maximum atomic E-state index is 12.0. The van der Waals surface area contributed by atoms with Gasteiger partial charge in [0.25, 0.3) is 5.88 Å². The lowest BCUT2D eigenvalue weighted by Crippen LogP contribution is -2.28. The second-order valence-corrected chi connectivity index (χ2v) is 5.33. The molecule has 2 rings (SSSR count). The zero-order chi connectivity index (χ0) is 12.8. The number of hydrogen-bond donors (Lipinski definition) is 0. The van der Waals surface area contributed by atoms with Gasteiger partial charge in [-0.2, -0.15) is 21.6 Å². The summed E-state index contributed by atoms with van der Waals surface area (Å²) in [5.41, 5.74) is -4.76. The Hall–Kier alpha value is -1.25. The number of rotatable bonds is 3. The Morgan fingerprint density at radius 1 is 1.47 bits per heavy atom. The molecule has 1 aliphatic carbocycles. The lowest BCUT2D eigenvalue weighted by Gasteiger charge is -2.06. The molecule has 9 heteroatoms. The molecule has 96 valence electrons. The molecule has 0 aromatic carbocycles. The normalized spacial score (nSPS) is 17.2. The fourth-order valence-corrected chi connectivity index (χ4v) is 1.82. The summed E-state index contributed by atoms with van der Waals surface area (Å²) in [6, 6.07) is 1.22. The highest BCUT2D eigenvalue weighted by atomic mass is 32.2. The minimum absolute atomic E-state index is 0.235. The smallest absolute Gasteiger partial charge is 0.354 e. The Balaban J connectivity index is 2.22. The van der Waals surface area contributed by atoms with Crippen molar-refractivity contribution in [3.8, 4) is 5.88 Å². The predicted molar refractivity (Wildman–Crippen MR) is 50.8 cm³/mol. The van der Waals surface area contributed by atoms with Crippen LogP contribution in [0.2, 0.25) is 0 Å². The van der Waals surface area contributed by atoms with E-state index in [-0.39, 0.29) is 5.92 Å². The van der Waals surface area contributed by atoms with E-state index in [9.17, 15) is 21.6 Å². The summed E-state index contributed by atoms with van der Waals surface area (Å²) in [7, 11) is -4.11. The molecule has 0 aliphatic heterocycles. The lowest BCUT2D eigenvalue weighted by molar-refractivity contribution is -0.0501. The molecule has 1 saturated carbocycles. The maximum Gasteiger partial charge on any atom is 0.534 e. The average Bonchev–Trinajstić information content (AvgIpc) is 2.90. The molecule has 0 saturated heterocycles. The van der Waals surface area contributed by atoms with Gasteiger partial charge in [0.05, 0.1) is 0 Å². The highest BCUT2D eigenvalue weighted by molar-refractivity contribution is 7.87. The van der Waals surface area contributed by atoms with E-state index in [1.54, 1.807) is 0 Å². The van der Waals surface area contributed by atoms with Gasteiger partial charge in [-0.15, -0.1) is 5.10 Å². The molecule has 0 spiro atoms. The summed E-state index contributed by atoms with van der Waals surface area (Å²) in [6.45, 7) is 0. The second-order valence-electron chi connectivity index (χ2n) is 3.79. The van der Waals surface area contributed by atoms with Gasteiger partial charge in [-0.1, -0.05) is 0 Å². The average molecular weight is 270 g/mol. The predicted octanol–water partition coefficient (Wildman–Crippen LogP) is 1.53. The minimum atomic E-state index is -5.64. The number of alkyl halides is 3. The first-order chi connectivity index (χ1) is 7.71. The number of aromatic nitrogens is 2. The Kier molecular flexibility index (Phi) is 2.60. The fourth-order valence-electron chi connectivity index (χ4n) is 1.42. The zero-order valence-electron chi connectivity index (χ0n) is 8.73. The van der Waals surface area contributed by atoms with Crippen LogP contribution < -0.4 is 4.18 Å². The highest BCUT2D eigenvalue weighted by Crippen LogP contribution is 2.41. The molecule has 1 aromatic rings. The molecule has 0 atom stereocenters. The molecular formula is C8H9F3N2O3S. The van der Waals surface area contributed by atoms with Gasteiger partial charge in [0.15, 0.2) is 0 Å². The molecular weight excluding hydrogens is 261 g/mol. The number of aryl methyl sites for hydroxylation is 1. The standard InChI is InChI=1S/C8H9F3N2O3S/c1-13-6(5-2-3-5)4-7(12-13)16-17(14,15)8(9,10)11/h4-5H,2-3H2,1H3. The first kappa shape index (κ1) is 12.2. The van der Waals surface area contributed by atoms with Crippen LogP contribution in [0.25, 0.3) is 0 Å². The van der Waals surface area contributed by atoms with Gasteiger partial charge in [-0.05, 0) is 12.8 Å². The SMILES string of the molecule is Cn1nc(OS(=O)(=O)C(F)(F)F)cc1C1CC1. The Morgan fingerprint density at radius 3 is 2.53 bits per heavy atom. The molecule has 1 heterocycles. The summed E-state index contributed by atoms with van der Waals surface area (Å²) < 4.78 is 62.9. The van der Waals surface area contributed by atoms with Crippen LogP contribution in [-0.4, -0.2) is 23.7 Å². The topological polar surface area (TPSA) is 61.2 Å². The van der Waals surface area contributed by atoms with Crippen molar-refractivity contribution in [1.29, 1.82) is 0 Å². The van der Waals surface area contributed by atoms with E-state index in [1.165, 1.54) is 17.8 Å². The van der Waals surface area contributed by atoms with Crippen molar-refractivity contribution >= 4 is 10.1 Å². The molecule has 1 aliphatic rings. The van der Waals surface area contributed by atoms with Crippen LogP contribution in [0.1, 0.15) is 24.5 Å². The van der Waals surface area contributed by atoms with Crippen molar-refractivity contribution in [2.75, 3.05) is 0 Å².